The zero-order valence-electron chi connectivity index (χ0n) is 12.3. The summed E-state index contributed by atoms with van der Waals surface area (Å²) in [5.41, 5.74) is 2.06. The molecule has 3 aromatic rings. The van der Waals surface area contributed by atoms with E-state index in [0.717, 1.165) is 29.7 Å². The third-order valence-corrected chi connectivity index (χ3v) is 3.33. The number of para-hydroxylation sites is 2. The van der Waals surface area contributed by atoms with E-state index in [1.165, 1.54) is 0 Å². The first kappa shape index (κ1) is 13.8. The standard InChI is InChI=1S/C15H19N5O/c1-3-6-14-18-19-15(21-14)10-20-12-8-5-4-7-11(12)17-13(20)9-16-2/h4-5,7-8,16H,3,6,9-10H2,1-2H3. The lowest BCUT2D eigenvalue weighted by atomic mass is 10.3. The maximum absolute atomic E-state index is 5.69. The van der Waals surface area contributed by atoms with Crippen LogP contribution in [0, 0.1) is 0 Å². The van der Waals surface area contributed by atoms with Gasteiger partial charge in [0.1, 0.15) is 12.4 Å². The highest BCUT2D eigenvalue weighted by atomic mass is 16.4. The van der Waals surface area contributed by atoms with Gasteiger partial charge in [0.25, 0.3) is 0 Å². The lowest BCUT2D eigenvalue weighted by Crippen LogP contribution is -2.13. The Morgan fingerprint density at radius 1 is 1.19 bits per heavy atom. The van der Waals surface area contributed by atoms with Gasteiger partial charge in [-0.2, -0.15) is 0 Å². The van der Waals surface area contributed by atoms with E-state index in [-0.39, 0.29) is 0 Å². The van der Waals surface area contributed by atoms with Crippen LogP contribution in [-0.4, -0.2) is 26.8 Å². The molecular formula is C15H19N5O. The molecule has 0 atom stereocenters. The highest BCUT2D eigenvalue weighted by Gasteiger charge is 2.13. The zero-order valence-corrected chi connectivity index (χ0v) is 12.3. The number of benzene rings is 1. The maximum atomic E-state index is 5.69. The van der Waals surface area contributed by atoms with Crippen LogP contribution in [0.4, 0.5) is 0 Å². The predicted molar refractivity (Wildman–Crippen MR) is 79.9 cm³/mol. The lowest BCUT2D eigenvalue weighted by Gasteiger charge is -2.05. The Kier molecular flexibility index (Phi) is 3.96. The van der Waals surface area contributed by atoms with E-state index in [2.05, 4.69) is 38.1 Å². The molecular weight excluding hydrogens is 266 g/mol. The van der Waals surface area contributed by atoms with Crippen molar-refractivity contribution in [3.8, 4) is 0 Å². The monoisotopic (exact) mass is 285 g/mol. The Labute approximate surface area is 123 Å². The van der Waals surface area contributed by atoms with Crippen molar-refractivity contribution in [3.63, 3.8) is 0 Å². The number of fused-ring (bicyclic) bond motifs is 1. The molecule has 0 aliphatic heterocycles. The molecule has 0 saturated heterocycles. The zero-order chi connectivity index (χ0) is 14.7. The summed E-state index contributed by atoms with van der Waals surface area (Å²) in [6, 6.07) is 8.08. The Balaban J connectivity index is 1.95. The Morgan fingerprint density at radius 3 is 2.81 bits per heavy atom. The van der Waals surface area contributed by atoms with Gasteiger partial charge in [-0.05, 0) is 25.6 Å². The predicted octanol–water partition coefficient (Wildman–Crippen LogP) is 2.14. The average molecular weight is 285 g/mol. The molecule has 0 bridgehead atoms. The van der Waals surface area contributed by atoms with Crippen LogP contribution in [-0.2, 0) is 19.5 Å². The van der Waals surface area contributed by atoms with Crippen LogP contribution in [0.15, 0.2) is 28.7 Å². The number of rotatable bonds is 6. The molecule has 2 aromatic heterocycles. The van der Waals surface area contributed by atoms with Crippen molar-refractivity contribution >= 4 is 11.0 Å². The molecule has 110 valence electrons. The molecule has 0 spiro atoms. The summed E-state index contributed by atoms with van der Waals surface area (Å²) < 4.78 is 7.81. The SMILES string of the molecule is CCCc1nnc(Cn2c(CNC)nc3ccccc32)o1. The molecule has 1 N–H and O–H groups in total. The van der Waals surface area contributed by atoms with E-state index in [1.54, 1.807) is 0 Å². The largest absolute Gasteiger partial charge is 0.423 e. The van der Waals surface area contributed by atoms with Crippen LogP contribution in [0.1, 0.15) is 31.0 Å². The van der Waals surface area contributed by atoms with Gasteiger partial charge in [0.05, 0.1) is 17.6 Å². The molecule has 0 aliphatic carbocycles. The summed E-state index contributed by atoms with van der Waals surface area (Å²) in [6.45, 7) is 3.34. The fourth-order valence-corrected chi connectivity index (χ4v) is 2.40. The smallest absolute Gasteiger partial charge is 0.236 e. The van der Waals surface area contributed by atoms with Crippen LogP contribution in [0.25, 0.3) is 11.0 Å². The number of nitrogens with zero attached hydrogens (tertiary/aromatic N) is 4. The minimum Gasteiger partial charge on any atom is -0.423 e. The van der Waals surface area contributed by atoms with Gasteiger partial charge in [-0.15, -0.1) is 10.2 Å². The van der Waals surface area contributed by atoms with Gasteiger partial charge in [-0.1, -0.05) is 19.1 Å². The third kappa shape index (κ3) is 2.80. The van der Waals surface area contributed by atoms with Gasteiger partial charge >= 0.3 is 0 Å². The lowest BCUT2D eigenvalue weighted by molar-refractivity contribution is 0.435. The van der Waals surface area contributed by atoms with Crippen molar-refractivity contribution in [2.24, 2.45) is 0 Å². The van der Waals surface area contributed by atoms with Crippen molar-refractivity contribution in [2.75, 3.05) is 7.05 Å². The summed E-state index contributed by atoms with van der Waals surface area (Å²) in [5, 5.41) is 11.4. The van der Waals surface area contributed by atoms with Crippen LogP contribution < -0.4 is 5.32 Å². The molecule has 0 fully saturated rings. The minimum atomic E-state index is 0.550. The van der Waals surface area contributed by atoms with Gasteiger partial charge in [-0.3, -0.25) is 0 Å². The van der Waals surface area contributed by atoms with Crippen LogP contribution in [0.2, 0.25) is 0 Å². The molecule has 3 rings (SSSR count). The number of hydrogen-bond acceptors (Lipinski definition) is 5. The highest BCUT2D eigenvalue weighted by molar-refractivity contribution is 5.75. The second-order valence-electron chi connectivity index (χ2n) is 4.97. The molecule has 0 saturated carbocycles. The van der Waals surface area contributed by atoms with Gasteiger partial charge in [0, 0.05) is 6.42 Å². The van der Waals surface area contributed by atoms with Crippen molar-refractivity contribution < 1.29 is 4.42 Å². The fraction of sp³-hybridized carbons (Fsp3) is 0.400. The quantitative estimate of drug-likeness (QED) is 0.751. The van der Waals surface area contributed by atoms with Crippen molar-refractivity contribution in [3.05, 3.63) is 41.9 Å². The van der Waals surface area contributed by atoms with Gasteiger partial charge in [-0.25, -0.2) is 4.98 Å². The normalized spacial score (nSPS) is 11.3. The van der Waals surface area contributed by atoms with E-state index in [9.17, 15) is 0 Å². The number of hydrogen-bond donors (Lipinski definition) is 1. The molecule has 0 unspecified atom stereocenters. The number of imidazole rings is 1. The summed E-state index contributed by atoms with van der Waals surface area (Å²) in [6.07, 6.45) is 1.82. The highest BCUT2D eigenvalue weighted by Crippen LogP contribution is 2.17. The minimum absolute atomic E-state index is 0.550. The molecule has 0 amide bonds. The Hall–Kier alpha value is -2.21. The average Bonchev–Trinajstić information content (AvgIpc) is 3.06. The first-order chi connectivity index (χ1) is 10.3. The van der Waals surface area contributed by atoms with Crippen molar-refractivity contribution in [2.45, 2.75) is 32.9 Å². The summed E-state index contributed by atoms with van der Waals surface area (Å²) in [5.74, 6) is 2.29. The van der Waals surface area contributed by atoms with E-state index in [0.29, 0.717) is 24.9 Å². The number of aromatic nitrogens is 4. The summed E-state index contributed by atoms with van der Waals surface area (Å²) >= 11 is 0. The van der Waals surface area contributed by atoms with E-state index in [4.69, 9.17) is 4.42 Å². The first-order valence-electron chi connectivity index (χ1n) is 7.21. The molecule has 0 radical (unpaired) electrons. The van der Waals surface area contributed by atoms with Crippen molar-refractivity contribution in [1.82, 2.24) is 25.1 Å². The first-order valence-corrected chi connectivity index (χ1v) is 7.21. The van der Waals surface area contributed by atoms with Crippen LogP contribution in [0.3, 0.4) is 0 Å². The van der Waals surface area contributed by atoms with Crippen LogP contribution >= 0.6 is 0 Å². The van der Waals surface area contributed by atoms with Gasteiger partial charge < -0.3 is 14.3 Å². The summed E-state index contributed by atoms with van der Waals surface area (Å²) in [7, 11) is 1.91. The molecule has 1 aromatic carbocycles. The molecule has 2 heterocycles. The fourth-order valence-electron chi connectivity index (χ4n) is 2.40. The third-order valence-electron chi connectivity index (χ3n) is 3.33. The Morgan fingerprint density at radius 2 is 2.00 bits per heavy atom. The number of nitrogens with one attached hydrogen (secondary N) is 1. The second-order valence-corrected chi connectivity index (χ2v) is 4.97. The van der Waals surface area contributed by atoms with Crippen molar-refractivity contribution in [1.29, 1.82) is 0 Å². The van der Waals surface area contributed by atoms with E-state index in [1.807, 2.05) is 25.2 Å². The molecule has 6 nitrogen and oxygen atoms in total. The van der Waals surface area contributed by atoms with Gasteiger partial charge in [0.2, 0.25) is 11.8 Å². The van der Waals surface area contributed by atoms with Gasteiger partial charge in [0.15, 0.2) is 0 Å². The molecule has 6 heteroatoms. The molecule has 21 heavy (non-hydrogen) atoms. The topological polar surface area (TPSA) is 68.8 Å². The van der Waals surface area contributed by atoms with E-state index < -0.39 is 0 Å². The number of aryl methyl sites for hydroxylation is 1. The second kappa shape index (κ2) is 6.05. The maximum Gasteiger partial charge on any atom is 0.236 e. The molecule has 0 aliphatic rings. The Bertz CT molecular complexity index is 731. The van der Waals surface area contributed by atoms with E-state index >= 15 is 0 Å². The van der Waals surface area contributed by atoms with Crippen LogP contribution in [0.5, 0.6) is 0 Å². The summed E-state index contributed by atoms with van der Waals surface area (Å²) in [4.78, 5) is 4.65.